The van der Waals surface area contributed by atoms with Crippen LogP contribution in [-0.4, -0.2) is 10.9 Å². The highest BCUT2D eigenvalue weighted by Crippen LogP contribution is 2.19. The fourth-order valence-corrected chi connectivity index (χ4v) is 2.82. The first-order valence-electron chi connectivity index (χ1n) is 8.28. The summed E-state index contributed by atoms with van der Waals surface area (Å²) in [5, 5.41) is 2.89. The van der Waals surface area contributed by atoms with Crippen molar-refractivity contribution < 1.29 is 4.79 Å². The van der Waals surface area contributed by atoms with Gasteiger partial charge in [0.05, 0.1) is 5.69 Å². The summed E-state index contributed by atoms with van der Waals surface area (Å²) in [6.07, 6.45) is 4.08. The number of carbonyl (C=O) groups is 1. The molecule has 1 amide bonds. The number of hydrogen-bond acceptors (Lipinski definition) is 2. The maximum atomic E-state index is 12.3. The van der Waals surface area contributed by atoms with Crippen LogP contribution in [0.3, 0.4) is 0 Å². The second kappa shape index (κ2) is 8.08. The Morgan fingerprint density at radius 2 is 1.72 bits per heavy atom. The Hall–Kier alpha value is -2.46. The molecule has 126 valence electrons. The second-order valence-electron chi connectivity index (χ2n) is 5.84. The predicted octanol–water partition coefficient (Wildman–Crippen LogP) is 5.72. The summed E-state index contributed by atoms with van der Waals surface area (Å²) in [4.78, 5) is 16.8. The van der Waals surface area contributed by atoms with Gasteiger partial charge >= 0.3 is 0 Å². The van der Waals surface area contributed by atoms with Gasteiger partial charge in [-0.2, -0.15) is 0 Å². The van der Waals surface area contributed by atoms with Crippen LogP contribution in [-0.2, 0) is 6.42 Å². The van der Waals surface area contributed by atoms with Crippen LogP contribution in [0.2, 0.25) is 0 Å². The van der Waals surface area contributed by atoms with Crippen LogP contribution in [0.5, 0.6) is 0 Å². The summed E-state index contributed by atoms with van der Waals surface area (Å²) >= 11 is 3.38. The molecule has 0 saturated carbocycles. The number of nitrogens with zero attached hydrogens (tertiary/aromatic N) is 1. The molecule has 0 fully saturated rings. The molecule has 3 nitrogen and oxygen atoms in total. The number of aromatic nitrogens is 1. The molecule has 1 N–H and O–H groups in total. The van der Waals surface area contributed by atoms with E-state index in [-0.39, 0.29) is 5.91 Å². The standard InChI is InChI=1S/C21H19BrN2O/c1-2-3-15-4-13-20(23-14-15)16-5-7-17(8-6-16)21(25)24-19-11-9-18(22)10-12-19/h4-14H,2-3H2,1H3,(H,24,25). The molecule has 2 aromatic carbocycles. The molecule has 0 aliphatic rings. The first-order valence-corrected chi connectivity index (χ1v) is 9.07. The number of aryl methyl sites for hydroxylation is 1. The zero-order valence-corrected chi connectivity index (χ0v) is 15.6. The van der Waals surface area contributed by atoms with E-state index in [1.165, 1.54) is 5.56 Å². The van der Waals surface area contributed by atoms with Gasteiger partial charge in [0, 0.05) is 27.5 Å². The molecule has 0 spiro atoms. The van der Waals surface area contributed by atoms with Crippen molar-refractivity contribution in [3.05, 3.63) is 82.5 Å². The summed E-state index contributed by atoms with van der Waals surface area (Å²) in [5.41, 5.74) is 4.56. The van der Waals surface area contributed by atoms with Crippen LogP contribution < -0.4 is 5.32 Å². The van der Waals surface area contributed by atoms with Crippen LogP contribution in [0.15, 0.2) is 71.3 Å². The molecule has 1 aromatic heterocycles. The lowest BCUT2D eigenvalue weighted by Crippen LogP contribution is -2.11. The van der Waals surface area contributed by atoms with Gasteiger partial charge in [-0.3, -0.25) is 9.78 Å². The third kappa shape index (κ3) is 4.54. The quantitative estimate of drug-likeness (QED) is 0.601. The van der Waals surface area contributed by atoms with E-state index in [2.05, 4.69) is 39.2 Å². The van der Waals surface area contributed by atoms with E-state index in [0.29, 0.717) is 5.56 Å². The van der Waals surface area contributed by atoms with Crippen LogP contribution in [0, 0.1) is 0 Å². The molecule has 0 bridgehead atoms. The van der Waals surface area contributed by atoms with E-state index in [0.717, 1.165) is 34.3 Å². The van der Waals surface area contributed by atoms with Crippen molar-refractivity contribution in [3.8, 4) is 11.3 Å². The maximum absolute atomic E-state index is 12.3. The highest BCUT2D eigenvalue weighted by molar-refractivity contribution is 9.10. The molecule has 0 saturated heterocycles. The summed E-state index contributed by atoms with van der Waals surface area (Å²) in [7, 11) is 0. The number of anilines is 1. The number of pyridine rings is 1. The van der Waals surface area contributed by atoms with Gasteiger partial charge in [0.1, 0.15) is 0 Å². The lowest BCUT2D eigenvalue weighted by atomic mass is 10.1. The predicted molar refractivity (Wildman–Crippen MR) is 106 cm³/mol. The minimum Gasteiger partial charge on any atom is -0.322 e. The minimum atomic E-state index is -0.125. The van der Waals surface area contributed by atoms with Crippen molar-refractivity contribution in [2.75, 3.05) is 5.32 Å². The normalized spacial score (nSPS) is 10.5. The van der Waals surface area contributed by atoms with Crippen LogP contribution in [0.25, 0.3) is 11.3 Å². The molecule has 1 heterocycles. The van der Waals surface area contributed by atoms with Crippen molar-refractivity contribution in [2.45, 2.75) is 19.8 Å². The third-order valence-electron chi connectivity index (χ3n) is 3.91. The van der Waals surface area contributed by atoms with E-state index in [1.54, 1.807) is 0 Å². The Morgan fingerprint density at radius 3 is 2.32 bits per heavy atom. The molecule has 0 aliphatic carbocycles. The van der Waals surface area contributed by atoms with Gasteiger partial charge in [0.15, 0.2) is 0 Å². The fourth-order valence-electron chi connectivity index (χ4n) is 2.56. The molecular weight excluding hydrogens is 376 g/mol. The van der Waals surface area contributed by atoms with E-state index in [9.17, 15) is 4.79 Å². The van der Waals surface area contributed by atoms with E-state index >= 15 is 0 Å². The number of carbonyl (C=O) groups excluding carboxylic acids is 1. The molecule has 0 atom stereocenters. The number of halogens is 1. The van der Waals surface area contributed by atoms with Crippen molar-refractivity contribution in [3.63, 3.8) is 0 Å². The highest BCUT2D eigenvalue weighted by atomic mass is 79.9. The molecule has 25 heavy (non-hydrogen) atoms. The lowest BCUT2D eigenvalue weighted by Gasteiger charge is -2.07. The topological polar surface area (TPSA) is 42.0 Å². The first-order chi connectivity index (χ1) is 12.2. The average molecular weight is 395 g/mol. The number of rotatable bonds is 5. The molecule has 0 aliphatic heterocycles. The molecule has 0 unspecified atom stereocenters. The molecule has 0 radical (unpaired) electrons. The van der Waals surface area contributed by atoms with Gasteiger partial charge in [-0.1, -0.05) is 47.5 Å². The molecule has 4 heteroatoms. The Morgan fingerprint density at radius 1 is 1.00 bits per heavy atom. The van der Waals surface area contributed by atoms with Gasteiger partial charge in [0.25, 0.3) is 5.91 Å². The lowest BCUT2D eigenvalue weighted by molar-refractivity contribution is 0.102. The number of benzene rings is 2. The van der Waals surface area contributed by atoms with Gasteiger partial charge in [-0.05, 0) is 54.4 Å². The molecule has 3 rings (SSSR count). The number of amides is 1. The Labute approximate surface area is 156 Å². The van der Waals surface area contributed by atoms with Gasteiger partial charge in [0.2, 0.25) is 0 Å². The third-order valence-corrected chi connectivity index (χ3v) is 4.44. The Kier molecular flexibility index (Phi) is 5.61. The maximum Gasteiger partial charge on any atom is 0.255 e. The smallest absolute Gasteiger partial charge is 0.255 e. The van der Waals surface area contributed by atoms with Crippen LogP contribution >= 0.6 is 15.9 Å². The largest absolute Gasteiger partial charge is 0.322 e. The SMILES string of the molecule is CCCc1ccc(-c2ccc(C(=O)Nc3ccc(Br)cc3)cc2)nc1. The van der Waals surface area contributed by atoms with Crippen molar-refractivity contribution in [2.24, 2.45) is 0 Å². The molecular formula is C21H19BrN2O. The van der Waals surface area contributed by atoms with Gasteiger partial charge < -0.3 is 5.32 Å². The Bertz CT molecular complexity index is 841. The summed E-state index contributed by atoms with van der Waals surface area (Å²) < 4.78 is 0.979. The fraction of sp³-hybridized carbons (Fsp3) is 0.143. The highest BCUT2D eigenvalue weighted by Gasteiger charge is 2.07. The zero-order valence-electron chi connectivity index (χ0n) is 14.0. The van der Waals surface area contributed by atoms with E-state index in [1.807, 2.05) is 60.8 Å². The first kappa shape index (κ1) is 17.4. The van der Waals surface area contributed by atoms with Gasteiger partial charge in [-0.25, -0.2) is 0 Å². The van der Waals surface area contributed by atoms with Crippen molar-refractivity contribution >= 4 is 27.5 Å². The zero-order chi connectivity index (χ0) is 17.6. The van der Waals surface area contributed by atoms with Crippen molar-refractivity contribution in [1.29, 1.82) is 0 Å². The number of hydrogen-bond donors (Lipinski definition) is 1. The van der Waals surface area contributed by atoms with Crippen LogP contribution in [0.4, 0.5) is 5.69 Å². The molecule has 3 aromatic rings. The second-order valence-corrected chi connectivity index (χ2v) is 6.76. The van der Waals surface area contributed by atoms with E-state index in [4.69, 9.17) is 0 Å². The monoisotopic (exact) mass is 394 g/mol. The van der Waals surface area contributed by atoms with Crippen molar-refractivity contribution in [1.82, 2.24) is 4.98 Å². The summed E-state index contributed by atoms with van der Waals surface area (Å²) in [6.45, 7) is 2.16. The van der Waals surface area contributed by atoms with Gasteiger partial charge in [-0.15, -0.1) is 0 Å². The Balaban J connectivity index is 1.70. The summed E-state index contributed by atoms with van der Waals surface area (Å²) in [6, 6.07) is 19.2. The van der Waals surface area contributed by atoms with Crippen LogP contribution in [0.1, 0.15) is 29.3 Å². The summed E-state index contributed by atoms with van der Waals surface area (Å²) in [5.74, 6) is -0.125. The average Bonchev–Trinajstić information content (AvgIpc) is 2.65. The minimum absolute atomic E-state index is 0.125. The van der Waals surface area contributed by atoms with E-state index < -0.39 is 0 Å². The number of nitrogens with one attached hydrogen (secondary N) is 1.